The molecule has 0 bridgehead atoms. The number of aliphatic carboxylic acids is 2. The highest BCUT2D eigenvalue weighted by atomic mass is 35.5. The van der Waals surface area contributed by atoms with E-state index in [1.165, 1.54) is 0 Å². The number of rotatable bonds is 5. The highest BCUT2D eigenvalue weighted by molar-refractivity contribution is 6.42. The molecule has 1 aromatic carbocycles. The van der Waals surface area contributed by atoms with Crippen molar-refractivity contribution in [1.82, 2.24) is 9.13 Å². The Morgan fingerprint density at radius 3 is 2.21 bits per heavy atom. The largest absolute Gasteiger partial charge is 0.473 e. The molecule has 0 aliphatic heterocycles. The van der Waals surface area contributed by atoms with Gasteiger partial charge in [0, 0.05) is 24.5 Å². The molecular formula is C19H25Cl2N3O4. The maximum atomic E-state index is 9.10. The van der Waals surface area contributed by atoms with Gasteiger partial charge in [-0.2, -0.15) is 0 Å². The maximum Gasteiger partial charge on any atom is 0.414 e. The number of hydrogen-bond donors (Lipinski definition) is 2. The molecule has 0 radical (unpaired) electrons. The predicted molar refractivity (Wildman–Crippen MR) is 110 cm³/mol. The van der Waals surface area contributed by atoms with Gasteiger partial charge < -0.3 is 14.8 Å². The van der Waals surface area contributed by atoms with Crippen LogP contribution in [0.3, 0.4) is 0 Å². The SMILES string of the molecule is CCCCN=c1n(C(C)C)cc(C)n1-c1ccc(Cl)c(Cl)c1.O=C(O)C(=O)O. The van der Waals surface area contributed by atoms with Crippen LogP contribution in [0.25, 0.3) is 5.69 Å². The first-order valence-electron chi connectivity index (χ1n) is 8.82. The molecule has 2 aromatic rings. The van der Waals surface area contributed by atoms with Crippen LogP contribution in [0.1, 0.15) is 45.3 Å². The maximum absolute atomic E-state index is 9.10. The number of carboxylic acid groups (broad SMARTS) is 2. The van der Waals surface area contributed by atoms with Crippen molar-refractivity contribution in [3.05, 3.63) is 45.8 Å². The van der Waals surface area contributed by atoms with E-state index in [4.69, 9.17) is 48.0 Å². The fraction of sp³-hybridized carbons (Fsp3) is 0.421. The minimum Gasteiger partial charge on any atom is -0.473 e. The topological polar surface area (TPSA) is 96.8 Å². The first-order chi connectivity index (χ1) is 13.1. The Bertz CT molecular complexity index is 889. The van der Waals surface area contributed by atoms with Crippen LogP contribution in [0.5, 0.6) is 0 Å². The second-order valence-electron chi connectivity index (χ2n) is 6.35. The van der Waals surface area contributed by atoms with Crippen molar-refractivity contribution in [1.29, 1.82) is 0 Å². The molecule has 2 rings (SSSR count). The van der Waals surface area contributed by atoms with Crippen molar-refractivity contribution in [3.63, 3.8) is 0 Å². The fourth-order valence-electron chi connectivity index (χ4n) is 2.40. The van der Waals surface area contributed by atoms with Crippen LogP contribution in [-0.4, -0.2) is 37.8 Å². The Labute approximate surface area is 173 Å². The van der Waals surface area contributed by atoms with Gasteiger partial charge in [0.2, 0.25) is 5.62 Å². The molecule has 0 spiro atoms. The zero-order valence-electron chi connectivity index (χ0n) is 16.3. The molecule has 0 unspecified atom stereocenters. The zero-order chi connectivity index (χ0) is 21.4. The molecule has 1 heterocycles. The first-order valence-corrected chi connectivity index (χ1v) is 9.58. The quantitative estimate of drug-likeness (QED) is 0.545. The number of carboxylic acids is 2. The third-order valence-electron chi connectivity index (χ3n) is 3.78. The monoisotopic (exact) mass is 429 g/mol. The van der Waals surface area contributed by atoms with Crippen LogP contribution >= 0.6 is 23.2 Å². The Hall–Kier alpha value is -2.25. The minimum atomic E-state index is -1.82. The first kappa shape index (κ1) is 23.8. The third-order valence-corrected chi connectivity index (χ3v) is 4.51. The lowest BCUT2D eigenvalue weighted by Crippen LogP contribution is -2.27. The van der Waals surface area contributed by atoms with Gasteiger partial charge in [0.25, 0.3) is 0 Å². The van der Waals surface area contributed by atoms with E-state index in [1.54, 1.807) is 0 Å². The third kappa shape index (κ3) is 6.42. The Balaban J connectivity index is 0.000000568. The van der Waals surface area contributed by atoms with E-state index >= 15 is 0 Å². The van der Waals surface area contributed by atoms with Crippen molar-refractivity contribution in [3.8, 4) is 5.69 Å². The molecule has 0 saturated heterocycles. The number of carbonyl (C=O) groups is 2. The van der Waals surface area contributed by atoms with Gasteiger partial charge in [-0.25, -0.2) is 9.59 Å². The molecule has 1 aromatic heterocycles. The standard InChI is InChI=1S/C17H23Cl2N3.C2H2O4/c1-5-6-9-20-17-21(12(2)3)11-13(4)22(17)14-7-8-15(18)16(19)10-14;3-1(4)2(5)6/h7-8,10-12H,5-6,9H2,1-4H3;(H,3,4)(H,5,6). The number of benzene rings is 1. The second-order valence-corrected chi connectivity index (χ2v) is 7.17. The highest BCUT2D eigenvalue weighted by Gasteiger charge is 2.12. The molecule has 9 heteroatoms. The van der Waals surface area contributed by atoms with E-state index in [0.717, 1.165) is 36.4 Å². The lowest BCUT2D eigenvalue weighted by molar-refractivity contribution is -0.159. The summed E-state index contributed by atoms with van der Waals surface area (Å²) in [5.41, 5.74) is 3.07. The van der Waals surface area contributed by atoms with Crippen molar-refractivity contribution < 1.29 is 19.8 Å². The molecule has 154 valence electrons. The van der Waals surface area contributed by atoms with Gasteiger partial charge in [0.05, 0.1) is 15.7 Å². The van der Waals surface area contributed by atoms with Crippen LogP contribution in [0.4, 0.5) is 0 Å². The summed E-state index contributed by atoms with van der Waals surface area (Å²) in [7, 11) is 0. The smallest absolute Gasteiger partial charge is 0.414 e. The van der Waals surface area contributed by atoms with E-state index in [9.17, 15) is 0 Å². The lowest BCUT2D eigenvalue weighted by Gasteiger charge is -2.10. The van der Waals surface area contributed by atoms with Gasteiger partial charge in [-0.05, 0) is 45.4 Å². The van der Waals surface area contributed by atoms with Crippen molar-refractivity contribution in [2.75, 3.05) is 6.54 Å². The Morgan fingerprint density at radius 1 is 1.14 bits per heavy atom. The number of aryl methyl sites for hydroxylation is 1. The van der Waals surface area contributed by atoms with Gasteiger partial charge in [-0.15, -0.1) is 0 Å². The van der Waals surface area contributed by atoms with E-state index in [2.05, 4.69) is 43.0 Å². The van der Waals surface area contributed by atoms with Crippen LogP contribution in [-0.2, 0) is 9.59 Å². The van der Waals surface area contributed by atoms with Gasteiger partial charge in [-0.1, -0.05) is 36.5 Å². The van der Waals surface area contributed by atoms with E-state index in [-0.39, 0.29) is 0 Å². The van der Waals surface area contributed by atoms with Crippen molar-refractivity contribution in [2.24, 2.45) is 4.99 Å². The summed E-state index contributed by atoms with van der Waals surface area (Å²) < 4.78 is 4.34. The number of unbranched alkanes of at least 4 members (excludes halogenated alkanes) is 1. The van der Waals surface area contributed by atoms with Gasteiger partial charge >= 0.3 is 11.9 Å². The summed E-state index contributed by atoms with van der Waals surface area (Å²) in [6.07, 6.45) is 4.36. The number of hydrogen-bond acceptors (Lipinski definition) is 3. The summed E-state index contributed by atoms with van der Waals surface area (Å²) in [5.74, 6) is -3.65. The molecule has 0 fully saturated rings. The van der Waals surface area contributed by atoms with Crippen LogP contribution < -0.4 is 5.62 Å². The summed E-state index contributed by atoms with van der Waals surface area (Å²) >= 11 is 12.2. The Kier molecular flexibility index (Phi) is 9.28. The summed E-state index contributed by atoms with van der Waals surface area (Å²) in [6.45, 7) is 9.42. The second kappa shape index (κ2) is 10.9. The number of aromatic nitrogens is 2. The van der Waals surface area contributed by atoms with Gasteiger partial charge in [-0.3, -0.25) is 9.56 Å². The molecule has 0 aliphatic rings. The zero-order valence-corrected chi connectivity index (χ0v) is 17.8. The van der Waals surface area contributed by atoms with Gasteiger partial charge in [0.15, 0.2) is 0 Å². The molecule has 0 amide bonds. The van der Waals surface area contributed by atoms with Crippen molar-refractivity contribution in [2.45, 2.75) is 46.6 Å². The molecule has 7 nitrogen and oxygen atoms in total. The molecule has 0 saturated carbocycles. The predicted octanol–water partition coefficient (Wildman–Crippen LogP) is 4.33. The van der Waals surface area contributed by atoms with E-state index in [1.807, 2.05) is 18.2 Å². The molecule has 0 aliphatic carbocycles. The summed E-state index contributed by atoms with van der Waals surface area (Å²) in [4.78, 5) is 23.0. The van der Waals surface area contributed by atoms with Gasteiger partial charge in [0.1, 0.15) is 0 Å². The van der Waals surface area contributed by atoms with Crippen LogP contribution in [0.15, 0.2) is 29.4 Å². The lowest BCUT2D eigenvalue weighted by atomic mass is 10.3. The molecule has 0 atom stereocenters. The number of imidazole rings is 1. The fourth-order valence-corrected chi connectivity index (χ4v) is 2.70. The number of halogens is 2. The minimum absolute atomic E-state index is 0.350. The van der Waals surface area contributed by atoms with Crippen LogP contribution in [0, 0.1) is 6.92 Å². The average molecular weight is 430 g/mol. The van der Waals surface area contributed by atoms with E-state index in [0.29, 0.717) is 16.1 Å². The normalized spacial score (nSPS) is 11.3. The van der Waals surface area contributed by atoms with E-state index < -0.39 is 11.9 Å². The molecule has 28 heavy (non-hydrogen) atoms. The van der Waals surface area contributed by atoms with Crippen LogP contribution in [0.2, 0.25) is 10.0 Å². The van der Waals surface area contributed by atoms with Crippen molar-refractivity contribution >= 4 is 35.1 Å². The summed E-state index contributed by atoms with van der Waals surface area (Å²) in [5, 5.41) is 15.9. The summed E-state index contributed by atoms with van der Waals surface area (Å²) in [6, 6.07) is 6.04. The molecular weight excluding hydrogens is 405 g/mol. The average Bonchev–Trinajstić information content (AvgIpc) is 2.95. The molecule has 2 N–H and O–H groups in total. The highest BCUT2D eigenvalue weighted by Crippen LogP contribution is 2.24. The Morgan fingerprint density at radius 2 is 1.75 bits per heavy atom. The number of nitrogens with zero attached hydrogens (tertiary/aromatic N) is 3.